The van der Waals surface area contributed by atoms with Crippen LogP contribution in [0.4, 0.5) is 0 Å². The molecule has 1 fully saturated rings. The Morgan fingerprint density at radius 1 is 1.38 bits per heavy atom. The smallest absolute Gasteiger partial charge is 0.335 e. The number of carboxylic acids is 1. The van der Waals surface area contributed by atoms with Gasteiger partial charge >= 0.3 is 5.97 Å². The molecule has 0 spiro atoms. The van der Waals surface area contributed by atoms with Crippen molar-refractivity contribution < 1.29 is 19.4 Å². The summed E-state index contributed by atoms with van der Waals surface area (Å²) in [5, 5.41) is 9.45. The first-order chi connectivity index (χ1) is 9.71. The molecule has 0 aliphatic carbocycles. The highest BCUT2D eigenvalue weighted by Gasteiger charge is 2.45. The molecule has 0 bridgehead atoms. The fraction of sp³-hybridized carbons (Fsp3) is 0.500. The Hall–Kier alpha value is -1.88. The molecular formula is C16H21NO4. The molecule has 114 valence electrons. The van der Waals surface area contributed by atoms with Gasteiger partial charge in [0.25, 0.3) is 0 Å². The first kappa shape index (κ1) is 15.5. The van der Waals surface area contributed by atoms with E-state index in [1.54, 1.807) is 4.90 Å². The van der Waals surface area contributed by atoms with Crippen molar-refractivity contribution >= 4 is 11.9 Å². The minimum absolute atomic E-state index is 0.188. The summed E-state index contributed by atoms with van der Waals surface area (Å²) >= 11 is 0. The quantitative estimate of drug-likeness (QED) is 0.906. The van der Waals surface area contributed by atoms with E-state index < -0.39 is 23.7 Å². The van der Waals surface area contributed by atoms with Gasteiger partial charge in [-0.05, 0) is 33.3 Å². The Morgan fingerprint density at radius 3 is 2.57 bits per heavy atom. The topological polar surface area (TPSA) is 66.8 Å². The van der Waals surface area contributed by atoms with Crippen LogP contribution in [0.15, 0.2) is 24.3 Å². The predicted octanol–water partition coefficient (Wildman–Crippen LogP) is 2.15. The Balaban J connectivity index is 2.54. The molecule has 5 nitrogen and oxygen atoms in total. The Morgan fingerprint density at radius 2 is 2.05 bits per heavy atom. The monoisotopic (exact) mass is 291 g/mol. The number of hydrogen-bond donors (Lipinski definition) is 1. The summed E-state index contributed by atoms with van der Waals surface area (Å²) in [6.07, 6.45) is -1.05. The number of rotatable bonds is 2. The van der Waals surface area contributed by atoms with E-state index in [0.717, 1.165) is 11.1 Å². The Kier molecular flexibility index (Phi) is 4.05. The van der Waals surface area contributed by atoms with Crippen LogP contribution in [0.25, 0.3) is 0 Å². The average Bonchev–Trinajstić information content (AvgIpc) is 2.36. The van der Waals surface area contributed by atoms with Crippen LogP contribution in [0.1, 0.15) is 37.9 Å². The summed E-state index contributed by atoms with van der Waals surface area (Å²) in [5.74, 6) is -1.24. The van der Waals surface area contributed by atoms with Gasteiger partial charge in [-0.3, -0.25) is 4.79 Å². The van der Waals surface area contributed by atoms with Crippen LogP contribution in [0.3, 0.4) is 0 Å². The molecule has 0 aromatic heterocycles. The molecule has 1 amide bonds. The second-order valence-corrected chi connectivity index (χ2v) is 6.36. The SMILES string of the molecule is Cc1cccc(C2C(C(=O)O)OCC(=O)N2C(C)(C)C)c1. The van der Waals surface area contributed by atoms with Gasteiger partial charge in [0.2, 0.25) is 5.91 Å². The van der Waals surface area contributed by atoms with Gasteiger partial charge in [0, 0.05) is 5.54 Å². The number of morpholine rings is 1. The number of carboxylic acid groups (broad SMARTS) is 1. The van der Waals surface area contributed by atoms with E-state index in [1.165, 1.54) is 0 Å². The van der Waals surface area contributed by atoms with Crippen molar-refractivity contribution in [2.45, 2.75) is 45.4 Å². The van der Waals surface area contributed by atoms with E-state index in [9.17, 15) is 14.7 Å². The molecule has 2 rings (SSSR count). The minimum atomic E-state index is -1.05. The number of benzene rings is 1. The van der Waals surface area contributed by atoms with Crippen molar-refractivity contribution in [2.75, 3.05) is 6.61 Å². The van der Waals surface area contributed by atoms with Crippen molar-refractivity contribution in [3.8, 4) is 0 Å². The van der Waals surface area contributed by atoms with E-state index in [0.29, 0.717) is 0 Å². The lowest BCUT2D eigenvalue weighted by Gasteiger charge is -2.46. The highest BCUT2D eigenvalue weighted by molar-refractivity contribution is 5.83. The molecule has 2 atom stereocenters. The molecule has 1 aromatic carbocycles. The minimum Gasteiger partial charge on any atom is -0.479 e. The maximum absolute atomic E-state index is 12.3. The van der Waals surface area contributed by atoms with E-state index >= 15 is 0 Å². The first-order valence-corrected chi connectivity index (χ1v) is 6.95. The maximum Gasteiger partial charge on any atom is 0.335 e. The highest BCUT2D eigenvalue weighted by Crippen LogP contribution is 2.36. The van der Waals surface area contributed by atoms with Crippen molar-refractivity contribution in [3.05, 3.63) is 35.4 Å². The van der Waals surface area contributed by atoms with Gasteiger partial charge in [0.05, 0.1) is 6.04 Å². The van der Waals surface area contributed by atoms with E-state index in [2.05, 4.69) is 0 Å². The van der Waals surface area contributed by atoms with Crippen molar-refractivity contribution in [3.63, 3.8) is 0 Å². The molecule has 1 aliphatic heterocycles. The molecule has 1 saturated heterocycles. The van der Waals surface area contributed by atoms with Crippen LogP contribution in [0, 0.1) is 6.92 Å². The third-order valence-electron chi connectivity index (χ3n) is 3.57. The summed E-state index contributed by atoms with van der Waals surface area (Å²) < 4.78 is 5.29. The summed E-state index contributed by atoms with van der Waals surface area (Å²) in [7, 11) is 0. The predicted molar refractivity (Wildman–Crippen MR) is 77.9 cm³/mol. The summed E-state index contributed by atoms with van der Waals surface area (Å²) in [5.41, 5.74) is 1.32. The highest BCUT2D eigenvalue weighted by atomic mass is 16.5. The lowest BCUT2D eigenvalue weighted by atomic mass is 9.91. The number of carbonyl (C=O) groups excluding carboxylic acids is 1. The zero-order valence-electron chi connectivity index (χ0n) is 12.8. The van der Waals surface area contributed by atoms with Gasteiger partial charge in [0.1, 0.15) is 6.61 Å². The first-order valence-electron chi connectivity index (χ1n) is 6.95. The van der Waals surface area contributed by atoms with Crippen LogP contribution in [0.5, 0.6) is 0 Å². The summed E-state index contributed by atoms with van der Waals surface area (Å²) in [4.78, 5) is 25.5. The normalized spacial score (nSPS) is 23.2. The van der Waals surface area contributed by atoms with E-state index in [1.807, 2.05) is 52.0 Å². The van der Waals surface area contributed by atoms with Crippen LogP contribution < -0.4 is 0 Å². The summed E-state index contributed by atoms with van der Waals surface area (Å²) in [6, 6.07) is 6.93. The van der Waals surface area contributed by atoms with E-state index in [4.69, 9.17) is 4.74 Å². The van der Waals surface area contributed by atoms with Gasteiger partial charge in [-0.15, -0.1) is 0 Å². The molecule has 1 N–H and O–H groups in total. The zero-order valence-corrected chi connectivity index (χ0v) is 12.8. The molecule has 21 heavy (non-hydrogen) atoms. The molecule has 1 heterocycles. The number of aliphatic carboxylic acids is 1. The third kappa shape index (κ3) is 3.08. The standard InChI is InChI=1S/C16H21NO4/c1-10-6-5-7-11(8-10)13-14(15(19)20)21-9-12(18)17(13)16(2,3)4/h5-8,13-14H,9H2,1-4H3,(H,19,20). The number of nitrogens with zero attached hydrogens (tertiary/aromatic N) is 1. The van der Waals surface area contributed by atoms with E-state index in [-0.39, 0.29) is 12.5 Å². The molecule has 0 radical (unpaired) electrons. The number of amides is 1. The second-order valence-electron chi connectivity index (χ2n) is 6.36. The molecule has 5 heteroatoms. The largest absolute Gasteiger partial charge is 0.479 e. The van der Waals surface area contributed by atoms with Crippen LogP contribution >= 0.6 is 0 Å². The lowest BCUT2D eigenvalue weighted by Crippen LogP contribution is -2.58. The number of hydrogen-bond acceptors (Lipinski definition) is 3. The van der Waals surface area contributed by atoms with Crippen LogP contribution in [-0.4, -0.2) is 40.1 Å². The number of carbonyl (C=O) groups is 2. The third-order valence-corrected chi connectivity index (χ3v) is 3.57. The summed E-state index contributed by atoms with van der Waals surface area (Å²) in [6.45, 7) is 7.44. The molecule has 1 aliphatic rings. The van der Waals surface area contributed by atoms with Gasteiger partial charge in [-0.2, -0.15) is 0 Å². The fourth-order valence-corrected chi connectivity index (χ4v) is 2.79. The van der Waals surface area contributed by atoms with Crippen molar-refractivity contribution in [1.29, 1.82) is 0 Å². The number of ether oxygens (including phenoxy) is 1. The zero-order chi connectivity index (χ0) is 15.8. The molecular weight excluding hydrogens is 270 g/mol. The molecule has 0 saturated carbocycles. The number of aryl methyl sites for hydroxylation is 1. The fourth-order valence-electron chi connectivity index (χ4n) is 2.79. The maximum atomic E-state index is 12.3. The molecule has 2 unspecified atom stereocenters. The second kappa shape index (κ2) is 5.48. The van der Waals surface area contributed by atoms with Crippen molar-refractivity contribution in [2.24, 2.45) is 0 Å². The van der Waals surface area contributed by atoms with Crippen molar-refractivity contribution in [1.82, 2.24) is 4.90 Å². The van der Waals surface area contributed by atoms with Gasteiger partial charge in [0.15, 0.2) is 6.10 Å². The lowest BCUT2D eigenvalue weighted by molar-refractivity contribution is -0.179. The molecule has 1 aromatic rings. The van der Waals surface area contributed by atoms with Gasteiger partial charge < -0.3 is 14.7 Å². The van der Waals surface area contributed by atoms with Gasteiger partial charge in [-0.1, -0.05) is 29.8 Å². The average molecular weight is 291 g/mol. The Labute approximate surface area is 124 Å². The van der Waals surface area contributed by atoms with Crippen LogP contribution in [0.2, 0.25) is 0 Å². The van der Waals surface area contributed by atoms with Gasteiger partial charge in [-0.25, -0.2) is 4.79 Å². The van der Waals surface area contributed by atoms with Crippen LogP contribution in [-0.2, 0) is 14.3 Å². The Bertz CT molecular complexity index is 562.